The van der Waals surface area contributed by atoms with Gasteiger partial charge in [0, 0.05) is 34.3 Å². The lowest BCUT2D eigenvalue weighted by atomic mass is 9.68. The van der Waals surface area contributed by atoms with E-state index in [1.165, 1.54) is 12.8 Å². The van der Waals surface area contributed by atoms with E-state index in [0.717, 1.165) is 49.1 Å². The average Bonchev–Trinajstić information content (AvgIpc) is 2.95. The highest BCUT2D eigenvalue weighted by Gasteiger charge is 2.43. The van der Waals surface area contributed by atoms with Crippen LogP contribution in [0.2, 0.25) is 5.02 Å². The third-order valence-corrected chi connectivity index (χ3v) is 6.99. The highest BCUT2D eigenvalue weighted by Crippen LogP contribution is 2.47. The minimum Gasteiger partial charge on any atom is -0.459 e. The first kappa shape index (κ1) is 22.1. The van der Waals surface area contributed by atoms with Gasteiger partial charge in [0.15, 0.2) is 5.78 Å². The van der Waals surface area contributed by atoms with Gasteiger partial charge in [-0.05, 0) is 62.1 Å². The summed E-state index contributed by atoms with van der Waals surface area (Å²) in [6.07, 6.45) is 7.63. The first-order chi connectivity index (χ1) is 14.7. The van der Waals surface area contributed by atoms with E-state index in [1.807, 2.05) is 31.2 Å². The topological polar surface area (TPSA) is 55.4 Å². The van der Waals surface area contributed by atoms with Gasteiger partial charge in [-0.2, -0.15) is 0 Å². The molecule has 0 saturated heterocycles. The van der Waals surface area contributed by atoms with Crippen molar-refractivity contribution in [1.82, 2.24) is 5.32 Å². The van der Waals surface area contributed by atoms with E-state index in [9.17, 15) is 9.59 Å². The molecule has 0 spiro atoms. The quantitative estimate of drug-likeness (QED) is 0.447. The number of nitrogens with one attached hydrogen (secondary N) is 1. The van der Waals surface area contributed by atoms with Gasteiger partial charge in [-0.25, -0.2) is 4.79 Å². The molecule has 3 aliphatic rings. The summed E-state index contributed by atoms with van der Waals surface area (Å²) in [4.78, 5) is 26.8. The summed E-state index contributed by atoms with van der Waals surface area (Å²) in [7, 11) is 0. The Balaban J connectivity index is 1.73. The van der Waals surface area contributed by atoms with Crippen molar-refractivity contribution in [3.05, 3.63) is 57.4 Å². The van der Waals surface area contributed by atoms with Gasteiger partial charge in [0.1, 0.15) is 6.10 Å². The summed E-state index contributed by atoms with van der Waals surface area (Å²) < 4.78 is 6.02. The number of halogens is 1. The third-order valence-electron chi connectivity index (χ3n) is 6.74. The second-order valence-corrected chi connectivity index (χ2v) is 10.4. The zero-order chi connectivity index (χ0) is 22.2. The Labute approximate surface area is 190 Å². The van der Waals surface area contributed by atoms with Crippen molar-refractivity contribution in [2.45, 2.75) is 84.2 Å². The first-order valence-electron chi connectivity index (χ1n) is 11.5. The number of hydrogen-bond acceptors (Lipinski definition) is 4. The van der Waals surface area contributed by atoms with Gasteiger partial charge >= 0.3 is 5.97 Å². The van der Waals surface area contributed by atoms with Crippen LogP contribution in [0.15, 0.2) is 46.8 Å². The molecule has 4 nitrogen and oxygen atoms in total. The molecule has 0 aromatic heterocycles. The lowest BCUT2D eigenvalue weighted by molar-refractivity contribution is -0.145. The molecule has 1 aliphatic heterocycles. The number of benzene rings is 1. The van der Waals surface area contributed by atoms with Crippen molar-refractivity contribution in [1.29, 1.82) is 0 Å². The van der Waals surface area contributed by atoms with Crippen molar-refractivity contribution in [3.63, 3.8) is 0 Å². The van der Waals surface area contributed by atoms with Crippen LogP contribution >= 0.6 is 11.6 Å². The van der Waals surface area contributed by atoms with Crippen LogP contribution in [0.5, 0.6) is 0 Å². The monoisotopic (exact) mass is 441 g/mol. The SMILES string of the molecule is CC1=C(C(=O)OC2CCCCCC2)C(c2ccc(Cl)cc2)C2=C(CC(C)(C)CC2=O)N1. The number of esters is 1. The first-order valence-corrected chi connectivity index (χ1v) is 11.8. The molecule has 4 rings (SSSR count). The lowest BCUT2D eigenvalue weighted by Crippen LogP contribution is -2.39. The Morgan fingerprint density at radius 1 is 1.06 bits per heavy atom. The number of Topliss-reactive ketones (excluding diaryl/α,β-unsaturated/α-hetero) is 1. The summed E-state index contributed by atoms with van der Waals surface area (Å²) in [5, 5.41) is 4.04. The van der Waals surface area contributed by atoms with Crippen molar-refractivity contribution >= 4 is 23.4 Å². The van der Waals surface area contributed by atoms with E-state index in [2.05, 4.69) is 19.2 Å². The molecule has 0 radical (unpaired) electrons. The summed E-state index contributed by atoms with van der Waals surface area (Å²) in [6, 6.07) is 7.48. The van der Waals surface area contributed by atoms with Crippen LogP contribution < -0.4 is 5.32 Å². The molecular weight excluding hydrogens is 410 g/mol. The molecule has 5 heteroatoms. The van der Waals surface area contributed by atoms with Crippen LogP contribution in [-0.4, -0.2) is 17.9 Å². The van der Waals surface area contributed by atoms with Gasteiger partial charge in [0.2, 0.25) is 0 Å². The summed E-state index contributed by atoms with van der Waals surface area (Å²) >= 11 is 6.13. The van der Waals surface area contributed by atoms with Crippen LogP contribution in [-0.2, 0) is 14.3 Å². The molecule has 166 valence electrons. The molecule has 2 aliphatic carbocycles. The second kappa shape index (κ2) is 8.82. The van der Waals surface area contributed by atoms with Crippen molar-refractivity contribution in [2.75, 3.05) is 0 Å². The van der Waals surface area contributed by atoms with Crippen LogP contribution in [0.25, 0.3) is 0 Å². The fourth-order valence-corrected chi connectivity index (χ4v) is 5.40. The van der Waals surface area contributed by atoms with Gasteiger partial charge < -0.3 is 10.1 Å². The van der Waals surface area contributed by atoms with E-state index >= 15 is 0 Å². The van der Waals surface area contributed by atoms with E-state index in [4.69, 9.17) is 16.3 Å². The molecule has 1 N–H and O–H groups in total. The maximum atomic E-state index is 13.5. The van der Waals surface area contributed by atoms with Gasteiger partial charge in [0.25, 0.3) is 0 Å². The lowest BCUT2D eigenvalue weighted by Gasteiger charge is -2.39. The van der Waals surface area contributed by atoms with Gasteiger partial charge in [0.05, 0.1) is 5.57 Å². The standard InChI is InChI=1S/C26H32ClNO3/c1-16-22(25(30)31-19-8-6-4-5-7-9-19)23(17-10-12-18(27)13-11-17)24-20(28-16)14-26(2,3)15-21(24)29/h10-13,19,23,28H,4-9,14-15H2,1-3H3. The Morgan fingerprint density at radius 3 is 2.35 bits per heavy atom. The molecule has 1 atom stereocenters. The molecular formula is C26H32ClNO3. The number of carbonyl (C=O) groups is 2. The Kier molecular flexibility index (Phi) is 6.30. The van der Waals surface area contributed by atoms with Gasteiger partial charge in [-0.15, -0.1) is 0 Å². The van der Waals surface area contributed by atoms with Crippen LogP contribution in [0.3, 0.4) is 0 Å². The van der Waals surface area contributed by atoms with Crippen molar-refractivity contribution in [3.8, 4) is 0 Å². The molecule has 1 heterocycles. The van der Waals surface area contributed by atoms with E-state index in [0.29, 0.717) is 22.6 Å². The Bertz CT molecular complexity index is 934. The molecule has 0 bridgehead atoms. The fraction of sp³-hybridized carbons (Fsp3) is 0.538. The predicted octanol–water partition coefficient (Wildman–Crippen LogP) is 6.21. The molecule has 31 heavy (non-hydrogen) atoms. The molecule has 1 aromatic carbocycles. The average molecular weight is 442 g/mol. The Morgan fingerprint density at radius 2 is 1.71 bits per heavy atom. The Hall–Kier alpha value is -2.07. The fourth-order valence-electron chi connectivity index (χ4n) is 5.27. The van der Waals surface area contributed by atoms with Crippen LogP contribution in [0.1, 0.15) is 83.6 Å². The molecule has 1 saturated carbocycles. The minimum absolute atomic E-state index is 0.0439. The third kappa shape index (κ3) is 4.74. The second-order valence-electron chi connectivity index (χ2n) is 10.0. The molecule has 1 fully saturated rings. The highest BCUT2D eigenvalue weighted by molar-refractivity contribution is 6.30. The number of ketones is 1. The molecule has 0 amide bonds. The van der Waals surface area contributed by atoms with Gasteiger partial charge in [-0.3, -0.25) is 4.79 Å². The van der Waals surface area contributed by atoms with Crippen molar-refractivity contribution in [2.24, 2.45) is 5.41 Å². The number of hydrogen-bond donors (Lipinski definition) is 1. The van der Waals surface area contributed by atoms with Crippen molar-refractivity contribution < 1.29 is 14.3 Å². The molecule has 1 unspecified atom stereocenters. The number of allylic oxidation sites excluding steroid dienone is 3. The van der Waals surface area contributed by atoms with E-state index in [1.54, 1.807) is 0 Å². The summed E-state index contributed by atoms with van der Waals surface area (Å²) in [6.45, 7) is 6.15. The normalized spacial score (nSPS) is 24.4. The largest absolute Gasteiger partial charge is 0.459 e. The zero-order valence-corrected chi connectivity index (χ0v) is 19.5. The summed E-state index contributed by atoms with van der Waals surface area (Å²) in [5.41, 5.74) is 3.77. The van der Waals surface area contributed by atoms with E-state index in [-0.39, 0.29) is 23.3 Å². The maximum Gasteiger partial charge on any atom is 0.337 e. The predicted molar refractivity (Wildman–Crippen MR) is 123 cm³/mol. The minimum atomic E-state index is -0.421. The zero-order valence-electron chi connectivity index (χ0n) is 18.7. The smallest absolute Gasteiger partial charge is 0.337 e. The highest BCUT2D eigenvalue weighted by atomic mass is 35.5. The van der Waals surface area contributed by atoms with Crippen LogP contribution in [0, 0.1) is 5.41 Å². The van der Waals surface area contributed by atoms with E-state index < -0.39 is 5.92 Å². The molecule has 1 aromatic rings. The maximum absolute atomic E-state index is 13.5. The number of ether oxygens (including phenoxy) is 1. The number of carbonyl (C=O) groups excluding carboxylic acids is 2. The summed E-state index contributed by atoms with van der Waals surface area (Å²) in [5.74, 6) is -0.623. The number of rotatable bonds is 3. The van der Waals surface area contributed by atoms with Gasteiger partial charge in [-0.1, -0.05) is 50.4 Å². The van der Waals surface area contributed by atoms with Crippen LogP contribution in [0.4, 0.5) is 0 Å². The number of dihydropyridines is 1.